The molecule has 0 spiro atoms. The number of carboxylic acids is 1. The number of halogens is 1. The number of hydrogen-bond acceptors (Lipinski definition) is 5. The zero-order chi connectivity index (χ0) is 19.4. The van der Waals surface area contributed by atoms with E-state index in [0.717, 1.165) is 25.9 Å². The van der Waals surface area contributed by atoms with Gasteiger partial charge in [-0.2, -0.15) is 0 Å². The van der Waals surface area contributed by atoms with Crippen molar-refractivity contribution in [1.82, 2.24) is 15.3 Å². The van der Waals surface area contributed by atoms with Crippen molar-refractivity contribution in [1.29, 1.82) is 0 Å². The molecular weight excluding hydrogens is 368 g/mol. The van der Waals surface area contributed by atoms with Crippen molar-refractivity contribution in [2.24, 2.45) is 5.92 Å². The number of aromatic nitrogens is 2. The van der Waals surface area contributed by atoms with Gasteiger partial charge >= 0.3 is 5.97 Å². The van der Waals surface area contributed by atoms with Gasteiger partial charge in [0.2, 0.25) is 5.95 Å². The summed E-state index contributed by atoms with van der Waals surface area (Å²) in [5.41, 5.74) is 0.748. The minimum absolute atomic E-state index is 0.0482. The van der Waals surface area contributed by atoms with E-state index >= 15 is 0 Å². The van der Waals surface area contributed by atoms with Crippen LogP contribution in [0.15, 0.2) is 36.5 Å². The van der Waals surface area contributed by atoms with Gasteiger partial charge in [0.05, 0.1) is 23.2 Å². The Balaban J connectivity index is 1.87. The summed E-state index contributed by atoms with van der Waals surface area (Å²) in [6.45, 7) is 3.23. The third kappa shape index (κ3) is 4.36. The predicted molar refractivity (Wildman–Crippen MR) is 102 cm³/mol. The van der Waals surface area contributed by atoms with Crippen LogP contribution in [0.5, 0.6) is 0 Å². The van der Waals surface area contributed by atoms with Crippen LogP contribution in [-0.2, 0) is 4.79 Å². The summed E-state index contributed by atoms with van der Waals surface area (Å²) >= 11 is 6.15. The van der Waals surface area contributed by atoms with Crippen molar-refractivity contribution >= 4 is 29.4 Å². The fourth-order valence-corrected chi connectivity index (χ4v) is 3.27. The highest BCUT2D eigenvalue weighted by Crippen LogP contribution is 2.25. The van der Waals surface area contributed by atoms with Crippen molar-refractivity contribution in [2.75, 3.05) is 18.0 Å². The lowest BCUT2D eigenvalue weighted by Crippen LogP contribution is -2.36. The molecule has 2 heterocycles. The molecule has 1 fully saturated rings. The molecule has 142 valence electrons. The monoisotopic (exact) mass is 388 g/mol. The molecule has 3 rings (SSSR count). The van der Waals surface area contributed by atoms with E-state index < -0.39 is 23.8 Å². The van der Waals surface area contributed by atoms with Crippen LogP contribution in [0.1, 0.15) is 41.9 Å². The lowest BCUT2D eigenvalue weighted by molar-refractivity contribution is -0.142. The summed E-state index contributed by atoms with van der Waals surface area (Å²) in [5.74, 6) is -1.89. The molecule has 0 unspecified atom stereocenters. The largest absolute Gasteiger partial charge is 0.481 e. The second kappa shape index (κ2) is 8.35. The lowest BCUT2D eigenvalue weighted by Gasteiger charge is -2.23. The Hall–Kier alpha value is -2.67. The lowest BCUT2D eigenvalue weighted by atomic mass is 9.94. The van der Waals surface area contributed by atoms with E-state index in [1.807, 2.05) is 11.0 Å². The summed E-state index contributed by atoms with van der Waals surface area (Å²) in [6, 6.07) is 8.27. The first kappa shape index (κ1) is 19.1. The Morgan fingerprint density at radius 2 is 1.89 bits per heavy atom. The van der Waals surface area contributed by atoms with Crippen molar-refractivity contribution in [3.8, 4) is 0 Å². The van der Waals surface area contributed by atoms with E-state index in [2.05, 4.69) is 15.3 Å². The van der Waals surface area contributed by atoms with Crippen LogP contribution in [0.3, 0.4) is 0 Å². The average molecular weight is 389 g/mol. The molecule has 27 heavy (non-hydrogen) atoms. The number of carboxylic acid groups (broad SMARTS) is 1. The van der Waals surface area contributed by atoms with Crippen molar-refractivity contribution in [3.05, 3.63) is 52.8 Å². The van der Waals surface area contributed by atoms with Gasteiger partial charge in [0.1, 0.15) is 0 Å². The number of anilines is 1. The first-order valence-electron chi connectivity index (χ1n) is 8.83. The smallest absolute Gasteiger partial charge is 0.308 e. The maximum atomic E-state index is 12.8. The number of rotatable bonds is 6. The third-order valence-corrected chi connectivity index (χ3v) is 4.95. The number of amides is 1. The van der Waals surface area contributed by atoms with Gasteiger partial charge in [-0.1, -0.05) is 41.9 Å². The van der Waals surface area contributed by atoms with E-state index in [9.17, 15) is 14.7 Å². The molecule has 1 aromatic heterocycles. The zero-order valence-electron chi connectivity index (χ0n) is 14.9. The van der Waals surface area contributed by atoms with Crippen molar-refractivity contribution in [2.45, 2.75) is 25.8 Å². The molecule has 1 aromatic carbocycles. The van der Waals surface area contributed by atoms with Crippen LogP contribution < -0.4 is 10.2 Å². The van der Waals surface area contributed by atoms with Crippen LogP contribution in [0, 0.1) is 5.92 Å². The average Bonchev–Trinajstić information content (AvgIpc) is 3.21. The molecule has 1 aliphatic heterocycles. The minimum Gasteiger partial charge on any atom is -0.481 e. The van der Waals surface area contributed by atoms with E-state index in [1.54, 1.807) is 31.2 Å². The molecule has 0 aliphatic carbocycles. The minimum atomic E-state index is -1.00. The molecule has 1 saturated heterocycles. The molecule has 2 N–H and O–H groups in total. The summed E-state index contributed by atoms with van der Waals surface area (Å²) < 4.78 is 0. The summed E-state index contributed by atoms with van der Waals surface area (Å²) in [4.78, 5) is 34.9. The standard InChI is InChI=1S/C19H21ClN4O3/c1-12(18(26)27)15(13-7-3-2-4-8-13)22-17(25)16-14(20)11-21-19(23-16)24-9-5-6-10-24/h2-4,7-8,11-12,15H,5-6,9-10H2,1H3,(H,22,25)(H,26,27)/t12-,15-/m1/s1. The Labute approximate surface area is 162 Å². The number of aliphatic carboxylic acids is 1. The number of hydrogen-bond donors (Lipinski definition) is 2. The quantitative estimate of drug-likeness (QED) is 0.790. The third-order valence-electron chi connectivity index (χ3n) is 4.67. The predicted octanol–water partition coefficient (Wildman–Crippen LogP) is 2.92. The van der Waals surface area contributed by atoms with Gasteiger partial charge < -0.3 is 15.3 Å². The number of nitrogens with zero attached hydrogens (tertiary/aromatic N) is 3. The van der Waals surface area contributed by atoms with E-state index in [1.165, 1.54) is 6.20 Å². The molecule has 0 bridgehead atoms. The molecule has 1 aliphatic rings. The molecule has 0 radical (unpaired) electrons. The fourth-order valence-electron chi connectivity index (χ4n) is 3.10. The first-order valence-corrected chi connectivity index (χ1v) is 9.21. The SMILES string of the molecule is C[C@@H](C(=O)O)[C@@H](NC(=O)c1nc(N2CCCC2)ncc1Cl)c1ccccc1. The zero-order valence-corrected chi connectivity index (χ0v) is 15.7. The van der Waals surface area contributed by atoms with Crippen LogP contribution in [0.4, 0.5) is 5.95 Å². The molecule has 7 nitrogen and oxygen atoms in total. The normalized spacial score (nSPS) is 16.0. The summed E-state index contributed by atoms with van der Waals surface area (Å²) in [7, 11) is 0. The van der Waals surface area contributed by atoms with E-state index in [0.29, 0.717) is 11.5 Å². The van der Waals surface area contributed by atoms with Gasteiger partial charge in [-0.25, -0.2) is 9.97 Å². The fraction of sp³-hybridized carbons (Fsp3) is 0.368. The van der Waals surface area contributed by atoms with Crippen LogP contribution >= 0.6 is 11.6 Å². The molecule has 0 saturated carbocycles. The van der Waals surface area contributed by atoms with Crippen LogP contribution in [0.2, 0.25) is 5.02 Å². The van der Waals surface area contributed by atoms with Crippen molar-refractivity contribution < 1.29 is 14.7 Å². The highest BCUT2D eigenvalue weighted by molar-refractivity contribution is 6.33. The van der Waals surface area contributed by atoms with Gasteiger partial charge in [-0.15, -0.1) is 0 Å². The Morgan fingerprint density at radius 1 is 1.22 bits per heavy atom. The molecule has 2 aromatic rings. The Kier molecular flexibility index (Phi) is 5.91. The topological polar surface area (TPSA) is 95.4 Å². The highest BCUT2D eigenvalue weighted by atomic mass is 35.5. The second-order valence-corrected chi connectivity index (χ2v) is 6.96. The Morgan fingerprint density at radius 3 is 2.52 bits per heavy atom. The van der Waals surface area contributed by atoms with Gasteiger partial charge in [-0.3, -0.25) is 9.59 Å². The summed E-state index contributed by atoms with van der Waals surface area (Å²) in [6.07, 6.45) is 3.52. The van der Waals surface area contributed by atoms with E-state index in [-0.39, 0.29) is 10.7 Å². The van der Waals surface area contributed by atoms with Gasteiger partial charge in [0, 0.05) is 13.1 Å². The first-order chi connectivity index (χ1) is 13.0. The maximum Gasteiger partial charge on any atom is 0.308 e. The number of carbonyl (C=O) groups is 2. The van der Waals surface area contributed by atoms with Gasteiger partial charge in [-0.05, 0) is 25.3 Å². The highest BCUT2D eigenvalue weighted by Gasteiger charge is 2.28. The van der Waals surface area contributed by atoms with Crippen molar-refractivity contribution in [3.63, 3.8) is 0 Å². The van der Waals surface area contributed by atoms with E-state index in [4.69, 9.17) is 11.6 Å². The maximum absolute atomic E-state index is 12.8. The van der Waals surface area contributed by atoms with Gasteiger partial charge in [0.15, 0.2) is 5.69 Å². The Bertz CT molecular complexity index is 825. The number of nitrogens with one attached hydrogen (secondary N) is 1. The van der Waals surface area contributed by atoms with Crippen LogP contribution in [-0.4, -0.2) is 40.0 Å². The molecule has 8 heteroatoms. The molecule has 2 atom stereocenters. The number of carbonyl (C=O) groups excluding carboxylic acids is 1. The molecular formula is C19H21ClN4O3. The second-order valence-electron chi connectivity index (χ2n) is 6.55. The molecule has 1 amide bonds. The van der Waals surface area contributed by atoms with Crippen LogP contribution in [0.25, 0.3) is 0 Å². The number of benzene rings is 1. The summed E-state index contributed by atoms with van der Waals surface area (Å²) in [5, 5.41) is 12.3. The van der Waals surface area contributed by atoms with Gasteiger partial charge in [0.25, 0.3) is 5.91 Å².